The Hall–Kier alpha value is -1.50. The summed E-state index contributed by atoms with van der Waals surface area (Å²) < 4.78 is 6.24. The summed E-state index contributed by atoms with van der Waals surface area (Å²) in [5.74, 6) is 1.74. The van der Waals surface area contributed by atoms with Gasteiger partial charge in [-0.1, -0.05) is 88.8 Å². The number of fused-ring (bicyclic) bond motifs is 1. The zero-order valence-corrected chi connectivity index (χ0v) is 14.9. The molecule has 0 saturated heterocycles. The number of benzene rings is 2. The van der Waals surface area contributed by atoms with Gasteiger partial charge in [0.25, 0.3) is 0 Å². The predicted octanol–water partition coefficient (Wildman–Crippen LogP) is 7.00. The lowest BCUT2D eigenvalue weighted by atomic mass is 9.96. The number of unbranched alkanes of at least 4 members (excludes halogenated alkanes) is 4. The third-order valence-corrected chi connectivity index (χ3v) is 4.66. The molecule has 1 heteroatoms. The minimum Gasteiger partial charge on any atom is -0.493 e. The van der Waals surface area contributed by atoms with Crippen molar-refractivity contribution in [1.82, 2.24) is 0 Å². The van der Waals surface area contributed by atoms with Crippen molar-refractivity contribution in [1.29, 1.82) is 0 Å². The molecule has 2 rings (SSSR count). The van der Waals surface area contributed by atoms with Gasteiger partial charge in [0.15, 0.2) is 0 Å². The topological polar surface area (TPSA) is 9.23 Å². The van der Waals surface area contributed by atoms with Crippen molar-refractivity contribution in [2.75, 3.05) is 6.61 Å². The van der Waals surface area contributed by atoms with Crippen LogP contribution in [0.25, 0.3) is 10.8 Å². The molecule has 0 fully saturated rings. The van der Waals surface area contributed by atoms with E-state index in [9.17, 15) is 0 Å². The molecule has 1 atom stereocenters. The maximum absolute atomic E-state index is 6.24. The summed E-state index contributed by atoms with van der Waals surface area (Å²) >= 11 is 0. The molecule has 1 nitrogen and oxygen atoms in total. The molecular formula is C22H32O. The first kappa shape index (κ1) is 17.8. The first-order valence-electron chi connectivity index (χ1n) is 9.45. The Morgan fingerprint density at radius 2 is 1.52 bits per heavy atom. The van der Waals surface area contributed by atoms with Crippen LogP contribution in [-0.4, -0.2) is 6.61 Å². The lowest BCUT2D eigenvalue weighted by Gasteiger charge is -2.18. The summed E-state index contributed by atoms with van der Waals surface area (Å²) in [7, 11) is 0. The summed E-state index contributed by atoms with van der Waals surface area (Å²) in [6.07, 6.45) is 10.6. The molecule has 2 aromatic carbocycles. The maximum Gasteiger partial charge on any atom is 0.127 e. The van der Waals surface area contributed by atoms with Crippen LogP contribution in [0.5, 0.6) is 5.75 Å². The van der Waals surface area contributed by atoms with E-state index in [2.05, 4.69) is 56.3 Å². The Balaban J connectivity index is 1.93. The van der Waals surface area contributed by atoms with Gasteiger partial charge in [-0.3, -0.25) is 0 Å². The van der Waals surface area contributed by atoms with Crippen molar-refractivity contribution < 1.29 is 4.74 Å². The average Bonchev–Trinajstić information content (AvgIpc) is 2.60. The Kier molecular flexibility index (Phi) is 8.00. The van der Waals surface area contributed by atoms with E-state index in [0.717, 1.165) is 12.4 Å². The largest absolute Gasteiger partial charge is 0.493 e. The zero-order valence-electron chi connectivity index (χ0n) is 14.9. The van der Waals surface area contributed by atoms with E-state index in [1.807, 2.05) is 0 Å². The molecule has 0 aromatic heterocycles. The standard InChI is InChI=1S/C22H32O/c1-3-5-7-8-13-19(12-6-4-2)18-23-22-17-11-15-20-14-9-10-16-21(20)22/h9-11,14-17,19H,3-8,12-13,18H2,1-2H3. The highest BCUT2D eigenvalue weighted by Crippen LogP contribution is 2.27. The van der Waals surface area contributed by atoms with E-state index < -0.39 is 0 Å². The monoisotopic (exact) mass is 312 g/mol. The molecular weight excluding hydrogens is 280 g/mol. The molecule has 0 bridgehead atoms. The molecule has 2 aromatic rings. The highest BCUT2D eigenvalue weighted by molar-refractivity contribution is 5.88. The van der Waals surface area contributed by atoms with Gasteiger partial charge < -0.3 is 4.74 Å². The van der Waals surface area contributed by atoms with Gasteiger partial charge in [0.05, 0.1) is 6.61 Å². The van der Waals surface area contributed by atoms with Crippen LogP contribution in [0.4, 0.5) is 0 Å². The van der Waals surface area contributed by atoms with E-state index in [1.165, 1.54) is 62.1 Å². The van der Waals surface area contributed by atoms with E-state index >= 15 is 0 Å². The molecule has 126 valence electrons. The second-order valence-electron chi connectivity index (χ2n) is 6.65. The van der Waals surface area contributed by atoms with Gasteiger partial charge in [0, 0.05) is 5.39 Å². The van der Waals surface area contributed by atoms with Crippen molar-refractivity contribution in [3.8, 4) is 5.75 Å². The summed E-state index contributed by atoms with van der Waals surface area (Å²) in [5, 5.41) is 2.49. The fraction of sp³-hybridized carbons (Fsp3) is 0.545. The zero-order chi connectivity index (χ0) is 16.3. The van der Waals surface area contributed by atoms with Crippen LogP contribution in [-0.2, 0) is 0 Å². The molecule has 1 unspecified atom stereocenters. The minimum absolute atomic E-state index is 0.700. The van der Waals surface area contributed by atoms with Gasteiger partial charge >= 0.3 is 0 Å². The molecule has 0 aliphatic carbocycles. The third-order valence-electron chi connectivity index (χ3n) is 4.66. The SMILES string of the molecule is CCCCCCC(CCCC)COc1cccc2ccccc12. The van der Waals surface area contributed by atoms with Gasteiger partial charge in [-0.25, -0.2) is 0 Å². The van der Waals surface area contributed by atoms with Crippen LogP contribution >= 0.6 is 0 Å². The molecule has 23 heavy (non-hydrogen) atoms. The summed E-state index contributed by atoms with van der Waals surface area (Å²) in [5.41, 5.74) is 0. The number of rotatable bonds is 11. The molecule has 0 amide bonds. The normalized spacial score (nSPS) is 12.4. The van der Waals surface area contributed by atoms with Crippen molar-refractivity contribution in [3.05, 3.63) is 42.5 Å². The van der Waals surface area contributed by atoms with E-state index in [0.29, 0.717) is 5.92 Å². The van der Waals surface area contributed by atoms with Crippen molar-refractivity contribution in [2.45, 2.75) is 65.2 Å². The minimum atomic E-state index is 0.700. The van der Waals surface area contributed by atoms with Crippen LogP contribution in [0.3, 0.4) is 0 Å². The van der Waals surface area contributed by atoms with Crippen LogP contribution < -0.4 is 4.74 Å². The lowest BCUT2D eigenvalue weighted by Crippen LogP contribution is -2.12. The molecule has 0 saturated carbocycles. The average molecular weight is 312 g/mol. The first-order valence-corrected chi connectivity index (χ1v) is 9.45. The van der Waals surface area contributed by atoms with Crippen molar-refractivity contribution >= 4 is 10.8 Å². The highest BCUT2D eigenvalue weighted by atomic mass is 16.5. The molecule has 0 aliphatic rings. The van der Waals surface area contributed by atoms with Crippen LogP contribution in [0.1, 0.15) is 65.2 Å². The van der Waals surface area contributed by atoms with Crippen molar-refractivity contribution in [2.24, 2.45) is 5.92 Å². The lowest BCUT2D eigenvalue weighted by molar-refractivity contribution is 0.227. The van der Waals surface area contributed by atoms with E-state index in [-0.39, 0.29) is 0 Å². The van der Waals surface area contributed by atoms with E-state index in [4.69, 9.17) is 4.74 Å². The van der Waals surface area contributed by atoms with Gasteiger partial charge in [0.2, 0.25) is 0 Å². The molecule has 0 N–H and O–H groups in total. The van der Waals surface area contributed by atoms with Crippen LogP contribution in [0, 0.1) is 5.92 Å². The van der Waals surface area contributed by atoms with Gasteiger partial charge in [-0.15, -0.1) is 0 Å². The highest BCUT2D eigenvalue weighted by Gasteiger charge is 2.10. The molecule has 0 spiro atoms. The summed E-state index contributed by atoms with van der Waals surface area (Å²) in [4.78, 5) is 0. The van der Waals surface area contributed by atoms with Gasteiger partial charge in [-0.05, 0) is 30.2 Å². The summed E-state index contributed by atoms with van der Waals surface area (Å²) in [6.45, 7) is 5.41. The number of ether oxygens (including phenoxy) is 1. The van der Waals surface area contributed by atoms with Crippen LogP contribution in [0.15, 0.2) is 42.5 Å². The second kappa shape index (κ2) is 10.3. The van der Waals surface area contributed by atoms with Crippen molar-refractivity contribution in [3.63, 3.8) is 0 Å². The van der Waals surface area contributed by atoms with Gasteiger partial charge in [-0.2, -0.15) is 0 Å². The first-order chi connectivity index (χ1) is 11.3. The molecule has 0 radical (unpaired) electrons. The fourth-order valence-corrected chi connectivity index (χ4v) is 3.19. The third kappa shape index (κ3) is 5.89. The molecule has 0 heterocycles. The number of hydrogen-bond acceptors (Lipinski definition) is 1. The quantitative estimate of drug-likeness (QED) is 0.406. The Bertz CT molecular complexity index is 555. The predicted molar refractivity (Wildman–Crippen MR) is 101 cm³/mol. The smallest absolute Gasteiger partial charge is 0.127 e. The Labute approximate surface area is 142 Å². The van der Waals surface area contributed by atoms with E-state index in [1.54, 1.807) is 0 Å². The maximum atomic E-state index is 6.24. The van der Waals surface area contributed by atoms with Gasteiger partial charge in [0.1, 0.15) is 5.75 Å². The fourth-order valence-electron chi connectivity index (χ4n) is 3.19. The Morgan fingerprint density at radius 3 is 2.35 bits per heavy atom. The second-order valence-corrected chi connectivity index (χ2v) is 6.65. The Morgan fingerprint density at radius 1 is 0.783 bits per heavy atom. The summed E-state index contributed by atoms with van der Waals surface area (Å²) in [6, 6.07) is 14.9. The van der Waals surface area contributed by atoms with Crippen LogP contribution in [0.2, 0.25) is 0 Å². The number of hydrogen-bond donors (Lipinski definition) is 0. The molecule has 0 aliphatic heterocycles.